The predicted octanol–water partition coefficient (Wildman–Crippen LogP) is -1.97. The molecule has 0 fully saturated rings. The van der Waals surface area contributed by atoms with Crippen LogP contribution in [0.1, 0.15) is 19.3 Å². The molecule has 28 heavy (non-hydrogen) atoms. The number of nitrogens with one attached hydrogen (secondary N) is 3. The van der Waals surface area contributed by atoms with Crippen molar-refractivity contribution in [1.82, 2.24) is 16.0 Å². The molecule has 0 aliphatic carbocycles. The van der Waals surface area contributed by atoms with Gasteiger partial charge < -0.3 is 31.9 Å². The molecule has 0 saturated carbocycles. The van der Waals surface area contributed by atoms with Gasteiger partial charge in [0.25, 0.3) is 0 Å². The predicted molar refractivity (Wildman–Crippen MR) is 106 cm³/mol. The normalized spacial score (nSPS) is 13.7. The van der Waals surface area contributed by atoms with Crippen molar-refractivity contribution >= 4 is 54.1 Å². The Morgan fingerprint density at radius 2 is 1.68 bits per heavy atom. The van der Waals surface area contributed by atoms with Crippen LogP contribution in [0.4, 0.5) is 0 Å². The van der Waals surface area contributed by atoms with Crippen LogP contribution in [0, 0.1) is 0 Å². The quantitative estimate of drug-likeness (QED) is 0.151. The molecule has 0 rings (SSSR count). The molecule has 0 heterocycles. The maximum Gasteiger partial charge on any atom is 0.326 e. The van der Waals surface area contributed by atoms with Crippen LogP contribution in [0.2, 0.25) is 0 Å². The molecule has 0 aromatic heterocycles. The highest BCUT2D eigenvalue weighted by Gasteiger charge is 2.25. The summed E-state index contributed by atoms with van der Waals surface area (Å²) < 4.78 is 0. The number of nitrogens with two attached hydrogens (primary N) is 1. The van der Waals surface area contributed by atoms with Crippen molar-refractivity contribution in [3.05, 3.63) is 0 Å². The van der Waals surface area contributed by atoms with Gasteiger partial charge in [-0.2, -0.15) is 24.4 Å². The zero-order valence-electron chi connectivity index (χ0n) is 15.3. The summed E-state index contributed by atoms with van der Waals surface area (Å²) in [4.78, 5) is 57.6. The number of thioether (sulfide) groups is 1. The SMILES string of the molecule is CSCCC(NC(=O)C(N)CS)C(=O)NCC(=O)NC(CCC(=O)O)C(=O)O. The Morgan fingerprint density at radius 1 is 1.04 bits per heavy atom. The lowest BCUT2D eigenvalue weighted by atomic mass is 10.1. The summed E-state index contributed by atoms with van der Waals surface area (Å²) in [5, 5.41) is 24.6. The number of carboxylic acids is 2. The molecule has 13 heteroatoms. The maximum atomic E-state index is 12.3. The lowest BCUT2D eigenvalue weighted by Crippen LogP contribution is -2.54. The van der Waals surface area contributed by atoms with Crippen LogP contribution < -0.4 is 21.7 Å². The van der Waals surface area contributed by atoms with Gasteiger partial charge in [-0.3, -0.25) is 19.2 Å². The molecule has 0 spiro atoms. The minimum atomic E-state index is -1.39. The van der Waals surface area contributed by atoms with E-state index >= 15 is 0 Å². The molecule has 0 aromatic carbocycles. The molecule has 0 radical (unpaired) electrons. The van der Waals surface area contributed by atoms with Crippen LogP contribution in [0.25, 0.3) is 0 Å². The van der Waals surface area contributed by atoms with E-state index in [1.54, 1.807) is 0 Å². The largest absolute Gasteiger partial charge is 0.481 e. The zero-order chi connectivity index (χ0) is 21.7. The van der Waals surface area contributed by atoms with E-state index in [9.17, 15) is 24.0 Å². The van der Waals surface area contributed by atoms with E-state index < -0.39 is 60.8 Å². The summed E-state index contributed by atoms with van der Waals surface area (Å²) in [6.45, 7) is -0.528. The van der Waals surface area contributed by atoms with Crippen molar-refractivity contribution < 1.29 is 34.2 Å². The molecule has 3 amide bonds. The van der Waals surface area contributed by atoms with Crippen molar-refractivity contribution in [3.63, 3.8) is 0 Å². The van der Waals surface area contributed by atoms with Gasteiger partial charge in [-0.05, 0) is 24.9 Å². The molecule has 0 saturated heterocycles. The number of aliphatic carboxylic acids is 2. The summed E-state index contributed by atoms with van der Waals surface area (Å²) in [7, 11) is 0. The first-order valence-corrected chi connectivity index (χ1v) is 10.3. The topological polar surface area (TPSA) is 188 Å². The Labute approximate surface area is 172 Å². The second-order valence-corrected chi connectivity index (χ2v) is 7.09. The van der Waals surface area contributed by atoms with E-state index in [-0.39, 0.29) is 12.2 Å². The average Bonchev–Trinajstić information content (AvgIpc) is 2.64. The number of carbonyl (C=O) groups is 5. The molecule has 0 aromatic rings. The first-order chi connectivity index (χ1) is 13.1. The lowest BCUT2D eigenvalue weighted by molar-refractivity contribution is -0.143. The van der Waals surface area contributed by atoms with E-state index in [2.05, 4.69) is 28.6 Å². The minimum absolute atomic E-state index is 0.0953. The van der Waals surface area contributed by atoms with E-state index in [0.29, 0.717) is 12.2 Å². The highest BCUT2D eigenvalue weighted by molar-refractivity contribution is 7.98. The van der Waals surface area contributed by atoms with Crippen LogP contribution in [-0.4, -0.2) is 82.3 Å². The summed E-state index contributed by atoms with van der Waals surface area (Å²) in [6, 6.07) is -3.19. The van der Waals surface area contributed by atoms with E-state index in [1.165, 1.54) is 11.8 Å². The second-order valence-electron chi connectivity index (χ2n) is 5.74. The Balaban J connectivity index is 4.71. The zero-order valence-corrected chi connectivity index (χ0v) is 17.1. The molecule has 3 unspecified atom stereocenters. The van der Waals surface area contributed by atoms with Crippen LogP contribution in [0.15, 0.2) is 0 Å². The van der Waals surface area contributed by atoms with Gasteiger partial charge in [0.15, 0.2) is 0 Å². The van der Waals surface area contributed by atoms with Crippen LogP contribution in [0.3, 0.4) is 0 Å². The van der Waals surface area contributed by atoms with Gasteiger partial charge >= 0.3 is 11.9 Å². The number of carboxylic acid groups (broad SMARTS) is 2. The van der Waals surface area contributed by atoms with Crippen LogP contribution in [-0.2, 0) is 24.0 Å². The van der Waals surface area contributed by atoms with Gasteiger partial charge in [-0.1, -0.05) is 0 Å². The third-order valence-corrected chi connectivity index (χ3v) is 4.52. The number of carbonyl (C=O) groups excluding carboxylic acids is 3. The van der Waals surface area contributed by atoms with Gasteiger partial charge in [-0.15, -0.1) is 0 Å². The van der Waals surface area contributed by atoms with Crippen LogP contribution >= 0.6 is 24.4 Å². The standard InChI is InChI=1S/C15H26N4O7S2/c1-28-5-4-9(19-13(23)8(16)7-27)14(24)17-6-11(20)18-10(15(25)26)2-3-12(21)22/h8-10,27H,2-7,16H2,1H3,(H,17,24)(H,18,20)(H,19,23)(H,21,22)(H,25,26). The number of hydrogen-bond acceptors (Lipinski definition) is 8. The highest BCUT2D eigenvalue weighted by Crippen LogP contribution is 2.02. The number of thiol groups is 1. The molecular formula is C15H26N4O7S2. The van der Waals surface area contributed by atoms with E-state index in [1.807, 2.05) is 6.26 Å². The second kappa shape index (κ2) is 14.1. The fraction of sp³-hybridized carbons (Fsp3) is 0.667. The van der Waals surface area contributed by atoms with E-state index in [4.69, 9.17) is 15.9 Å². The maximum absolute atomic E-state index is 12.3. The summed E-state index contributed by atoms with van der Waals surface area (Å²) >= 11 is 5.38. The van der Waals surface area contributed by atoms with Crippen molar-refractivity contribution in [2.24, 2.45) is 5.73 Å². The van der Waals surface area contributed by atoms with Crippen molar-refractivity contribution in [3.8, 4) is 0 Å². The minimum Gasteiger partial charge on any atom is -0.481 e. The van der Waals surface area contributed by atoms with Crippen LogP contribution in [0.5, 0.6) is 0 Å². The molecule has 0 bridgehead atoms. The molecule has 160 valence electrons. The Bertz CT molecular complexity index is 577. The van der Waals surface area contributed by atoms with Gasteiger partial charge in [0.1, 0.15) is 12.1 Å². The lowest BCUT2D eigenvalue weighted by Gasteiger charge is -2.20. The fourth-order valence-electron chi connectivity index (χ4n) is 1.93. The molecule has 3 atom stereocenters. The van der Waals surface area contributed by atoms with Crippen molar-refractivity contribution in [1.29, 1.82) is 0 Å². The van der Waals surface area contributed by atoms with Gasteiger partial charge in [0.2, 0.25) is 17.7 Å². The van der Waals surface area contributed by atoms with Gasteiger partial charge in [-0.25, -0.2) is 4.79 Å². The average molecular weight is 439 g/mol. The number of rotatable bonds is 14. The molecule has 0 aliphatic heterocycles. The van der Waals surface area contributed by atoms with E-state index in [0.717, 1.165) is 0 Å². The summed E-state index contributed by atoms with van der Waals surface area (Å²) in [5.74, 6) is -3.89. The smallest absolute Gasteiger partial charge is 0.326 e. The Hall–Kier alpha value is -1.99. The first-order valence-electron chi connectivity index (χ1n) is 8.29. The Kier molecular flexibility index (Phi) is 13.1. The van der Waals surface area contributed by atoms with Crippen molar-refractivity contribution in [2.45, 2.75) is 37.4 Å². The molecular weight excluding hydrogens is 412 g/mol. The third kappa shape index (κ3) is 11.0. The fourth-order valence-corrected chi connectivity index (χ4v) is 2.56. The number of hydrogen-bond donors (Lipinski definition) is 7. The number of amides is 3. The monoisotopic (exact) mass is 438 g/mol. The van der Waals surface area contributed by atoms with Gasteiger partial charge in [0, 0.05) is 12.2 Å². The highest BCUT2D eigenvalue weighted by atomic mass is 32.2. The summed E-state index contributed by atoms with van der Waals surface area (Å²) in [6.07, 6.45) is 1.40. The third-order valence-electron chi connectivity index (χ3n) is 3.48. The van der Waals surface area contributed by atoms with Gasteiger partial charge in [0.05, 0.1) is 12.6 Å². The molecule has 7 N–H and O–H groups in total. The first kappa shape index (κ1) is 26.0. The Morgan fingerprint density at radius 3 is 2.18 bits per heavy atom. The molecule has 0 aliphatic rings. The molecule has 11 nitrogen and oxygen atoms in total. The van der Waals surface area contributed by atoms with Crippen molar-refractivity contribution in [2.75, 3.05) is 24.3 Å². The summed E-state index contributed by atoms with van der Waals surface area (Å²) in [5.41, 5.74) is 5.56.